The number of anilines is 3. The lowest BCUT2D eigenvalue weighted by Crippen LogP contribution is -2.23. The summed E-state index contributed by atoms with van der Waals surface area (Å²) >= 11 is 0. The molecule has 1 N–H and O–H groups in total. The standard InChI is InChI=1S/C52H37N3O/c1-52(2)41-20-8-6-16-36(41)39-30-40-37-17-7-10-22-44(37)55(47(40)31-42(39)52)46-24-12-19-38-49-35(18-13-25-48(49)56-50(38)46)32-26-28-33(29-27-32)51-53-43-21-9-11-23-45(43)54(51)34-14-4-3-5-15-34/h3-31,51,53H,1-2H3. The number of aromatic nitrogens is 1. The Morgan fingerprint density at radius 1 is 0.536 bits per heavy atom. The quantitative estimate of drug-likeness (QED) is 0.197. The average molecular weight is 720 g/mol. The predicted molar refractivity (Wildman–Crippen MR) is 232 cm³/mol. The van der Waals surface area contributed by atoms with E-state index in [-0.39, 0.29) is 11.6 Å². The van der Waals surface area contributed by atoms with Crippen LogP contribution >= 0.6 is 0 Å². The third-order valence-electron chi connectivity index (χ3n) is 12.4. The zero-order chi connectivity index (χ0) is 37.1. The van der Waals surface area contributed by atoms with Crippen molar-refractivity contribution in [1.29, 1.82) is 0 Å². The Labute approximate surface area is 324 Å². The second-order valence-corrected chi connectivity index (χ2v) is 15.8. The van der Waals surface area contributed by atoms with Crippen molar-refractivity contribution in [2.24, 2.45) is 0 Å². The van der Waals surface area contributed by atoms with Gasteiger partial charge in [0.2, 0.25) is 0 Å². The molecule has 0 radical (unpaired) electrons. The molecule has 1 unspecified atom stereocenters. The minimum absolute atomic E-state index is 0.0239. The van der Waals surface area contributed by atoms with E-state index in [4.69, 9.17) is 4.42 Å². The van der Waals surface area contributed by atoms with Gasteiger partial charge in [-0.25, -0.2) is 0 Å². The number of benzene rings is 8. The van der Waals surface area contributed by atoms with Crippen LogP contribution < -0.4 is 10.2 Å². The second kappa shape index (κ2) is 11.5. The Morgan fingerprint density at radius 2 is 1.25 bits per heavy atom. The number of hydrogen-bond acceptors (Lipinski definition) is 3. The average Bonchev–Trinajstić information content (AvgIpc) is 3.98. The first-order valence-corrected chi connectivity index (χ1v) is 19.5. The number of furan rings is 1. The molecule has 0 saturated heterocycles. The molecule has 0 spiro atoms. The first-order valence-electron chi connectivity index (χ1n) is 19.5. The Kier molecular flexibility index (Phi) is 6.42. The molecule has 2 aromatic heterocycles. The summed E-state index contributed by atoms with van der Waals surface area (Å²) < 4.78 is 9.34. The van der Waals surface area contributed by atoms with Crippen molar-refractivity contribution in [2.75, 3.05) is 10.2 Å². The van der Waals surface area contributed by atoms with E-state index in [0.29, 0.717) is 0 Å². The predicted octanol–water partition coefficient (Wildman–Crippen LogP) is 13.9. The minimum atomic E-state index is -0.102. The third kappa shape index (κ3) is 4.30. The van der Waals surface area contributed by atoms with E-state index in [1.54, 1.807) is 0 Å². The molecule has 0 bridgehead atoms. The number of fused-ring (bicyclic) bond motifs is 10. The van der Waals surface area contributed by atoms with Gasteiger partial charge in [-0.15, -0.1) is 0 Å². The molecule has 56 heavy (non-hydrogen) atoms. The van der Waals surface area contributed by atoms with Crippen LogP contribution in [0.2, 0.25) is 0 Å². The highest BCUT2D eigenvalue weighted by Crippen LogP contribution is 2.52. The molecule has 12 rings (SSSR count). The molecule has 4 heteroatoms. The van der Waals surface area contributed by atoms with Gasteiger partial charge in [0.1, 0.15) is 11.7 Å². The fourth-order valence-electron chi connectivity index (χ4n) is 9.78. The molecule has 0 fully saturated rings. The van der Waals surface area contributed by atoms with Crippen LogP contribution in [0.25, 0.3) is 71.7 Å². The first-order chi connectivity index (χ1) is 27.5. The van der Waals surface area contributed by atoms with Crippen LogP contribution in [-0.2, 0) is 5.41 Å². The molecule has 1 atom stereocenters. The summed E-state index contributed by atoms with van der Waals surface area (Å²) in [7, 11) is 0. The molecule has 10 aromatic rings. The van der Waals surface area contributed by atoms with Crippen LogP contribution in [0.15, 0.2) is 180 Å². The highest BCUT2D eigenvalue weighted by Gasteiger charge is 2.36. The van der Waals surface area contributed by atoms with Crippen LogP contribution in [-0.4, -0.2) is 4.57 Å². The van der Waals surface area contributed by atoms with Crippen molar-refractivity contribution in [3.05, 3.63) is 193 Å². The highest BCUT2D eigenvalue weighted by molar-refractivity contribution is 6.16. The maximum atomic E-state index is 6.92. The number of nitrogens with one attached hydrogen (secondary N) is 1. The fraction of sp³-hybridized carbons (Fsp3) is 0.0769. The van der Waals surface area contributed by atoms with Crippen molar-refractivity contribution in [1.82, 2.24) is 4.57 Å². The van der Waals surface area contributed by atoms with Gasteiger partial charge in [0.25, 0.3) is 0 Å². The number of para-hydroxylation sites is 5. The van der Waals surface area contributed by atoms with Gasteiger partial charge < -0.3 is 19.2 Å². The van der Waals surface area contributed by atoms with E-state index in [9.17, 15) is 0 Å². The topological polar surface area (TPSA) is 33.3 Å². The molecule has 2 aliphatic rings. The lowest BCUT2D eigenvalue weighted by Gasteiger charge is -2.27. The number of hydrogen-bond donors (Lipinski definition) is 1. The normalized spacial score (nSPS) is 15.4. The molecule has 1 aliphatic carbocycles. The monoisotopic (exact) mass is 719 g/mol. The summed E-state index contributed by atoms with van der Waals surface area (Å²) in [6.45, 7) is 4.71. The maximum Gasteiger partial charge on any atom is 0.159 e. The van der Waals surface area contributed by atoms with Crippen molar-refractivity contribution >= 4 is 60.8 Å². The Balaban J connectivity index is 1.00. The lowest BCUT2D eigenvalue weighted by molar-refractivity contribution is 0.660. The summed E-state index contributed by atoms with van der Waals surface area (Å²) in [4.78, 5) is 2.39. The van der Waals surface area contributed by atoms with Gasteiger partial charge in [0.05, 0.1) is 28.1 Å². The minimum Gasteiger partial charge on any atom is -0.454 e. The van der Waals surface area contributed by atoms with Crippen LogP contribution in [0.5, 0.6) is 0 Å². The van der Waals surface area contributed by atoms with Crippen LogP contribution in [0, 0.1) is 0 Å². The van der Waals surface area contributed by atoms with Gasteiger partial charge in [-0.05, 0) is 93.5 Å². The van der Waals surface area contributed by atoms with E-state index in [1.807, 2.05) is 0 Å². The molecule has 0 amide bonds. The summed E-state index contributed by atoms with van der Waals surface area (Å²) in [5.74, 6) is 0. The van der Waals surface area contributed by atoms with Gasteiger partial charge in [-0.2, -0.15) is 0 Å². The molecular formula is C52H37N3O. The SMILES string of the molecule is CC1(C)c2ccccc2-c2cc3c4ccccc4n(-c4cccc5c4oc4cccc(-c6ccc(C7Nc8ccccc8N7c7ccccc7)cc6)c45)c3cc21. The van der Waals surface area contributed by atoms with E-state index in [1.165, 1.54) is 55.3 Å². The van der Waals surface area contributed by atoms with Crippen molar-refractivity contribution < 1.29 is 4.42 Å². The highest BCUT2D eigenvalue weighted by atomic mass is 16.3. The fourth-order valence-corrected chi connectivity index (χ4v) is 9.78. The lowest BCUT2D eigenvalue weighted by atomic mass is 9.82. The summed E-state index contributed by atoms with van der Waals surface area (Å²) in [5.41, 5.74) is 17.5. The van der Waals surface area contributed by atoms with Gasteiger partial charge >= 0.3 is 0 Å². The molecule has 8 aromatic carbocycles. The van der Waals surface area contributed by atoms with Crippen molar-refractivity contribution in [2.45, 2.75) is 25.4 Å². The summed E-state index contributed by atoms with van der Waals surface area (Å²) in [5, 5.41) is 8.53. The van der Waals surface area contributed by atoms with Crippen molar-refractivity contribution in [3.63, 3.8) is 0 Å². The summed E-state index contributed by atoms with van der Waals surface area (Å²) in [6.07, 6.45) is -0.0239. The van der Waals surface area contributed by atoms with Crippen molar-refractivity contribution in [3.8, 4) is 27.9 Å². The van der Waals surface area contributed by atoms with Gasteiger partial charge in [-0.3, -0.25) is 0 Å². The molecule has 1 aliphatic heterocycles. The summed E-state index contributed by atoms with van der Waals surface area (Å²) in [6, 6.07) is 63.8. The van der Waals surface area contributed by atoms with Crippen LogP contribution in [0.3, 0.4) is 0 Å². The molecule has 4 nitrogen and oxygen atoms in total. The van der Waals surface area contributed by atoms with Gasteiger partial charge in [-0.1, -0.05) is 135 Å². The zero-order valence-corrected chi connectivity index (χ0v) is 31.1. The first kappa shape index (κ1) is 31.3. The number of nitrogens with zero attached hydrogens (tertiary/aromatic N) is 2. The zero-order valence-electron chi connectivity index (χ0n) is 31.1. The maximum absolute atomic E-state index is 6.92. The largest absolute Gasteiger partial charge is 0.454 e. The van der Waals surface area contributed by atoms with E-state index < -0.39 is 0 Å². The Morgan fingerprint density at radius 3 is 2.14 bits per heavy atom. The van der Waals surface area contributed by atoms with E-state index in [0.717, 1.165) is 50.1 Å². The molecule has 3 heterocycles. The van der Waals surface area contributed by atoms with Crippen LogP contribution in [0.4, 0.5) is 17.1 Å². The molecular weight excluding hydrogens is 683 g/mol. The second-order valence-electron chi connectivity index (χ2n) is 15.8. The molecule has 266 valence electrons. The molecule has 0 saturated carbocycles. The Hall–Kier alpha value is -7.04. The number of rotatable bonds is 4. The van der Waals surface area contributed by atoms with Crippen LogP contribution in [0.1, 0.15) is 36.7 Å². The van der Waals surface area contributed by atoms with E-state index >= 15 is 0 Å². The third-order valence-corrected chi connectivity index (χ3v) is 12.4. The van der Waals surface area contributed by atoms with E-state index in [2.05, 4.69) is 205 Å². The van der Waals surface area contributed by atoms with Gasteiger partial charge in [0, 0.05) is 32.6 Å². The smallest absolute Gasteiger partial charge is 0.159 e. The van der Waals surface area contributed by atoms with Gasteiger partial charge in [0.15, 0.2) is 5.58 Å². The Bertz CT molecular complexity index is 3200.